The van der Waals surface area contributed by atoms with E-state index in [9.17, 15) is 9.90 Å². The first-order chi connectivity index (χ1) is 13.7. The molecule has 2 heterocycles. The minimum atomic E-state index is -0.451. The molecule has 0 bridgehead atoms. The number of Topliss-reactive ketones (excluding diaryl/α,β-unsaturated/α-hetero) is 1. The third-order valence-corrected chi connectivity index (χ3v) is 5.54. The van der Waals surface area contributed by atoms with Crippen LogP contribution in [0.4, 0.5) is 0 Å². The summed E-state index contributed by atoms with van der Waals surface area (Å²) in [6, 6.07) is 18.4. The van der Waals surface area contributed by atoms with E-state index in [4.69, 9.17) is 9.47 Å². The van der Waals surface area contributed by atoms with E-state index in [0.29, 0.717) is 22.7 Å². The number of nitrogens with zero attached hydrogens (tertiary/aromatic N) is 1. The number of aromatic hydroxyl groups is 1. The number of hydrogen-bond acceptors (Lipinski definition) is 5. The number of phenolic OH excluding ortho intramolecular Hbond substituents is 1. The minimum absolute atomic E-state index is 0. The van der Waals surface area contributed by atoms with Gasteiger partial charge in [0.25, 0.3) is 0 Å². The SMILES string of the molecule is O=C(Cc1cccc(-c2ccccc2O)n1)C1(c2ccc3c(c2)OCO3)CC1.[HH]. The van der Waals surface area contributed by atoms with Crippen LogP contribution in [0.2, 0.25) is 0 Å². The summed E-state index contributed by atoms with van der Waals surface area (Å²) < 4.78 is 10.8. The van der Waals surface area contributed by atoms with E-state index in [-0.39, 0.29) is 26.2 Å². The molecule has 0 saturated heterocycles. The quantitative estimate of drug-likeness (QED) is 0.721. The van der Waals surface area contributed by atoms with E-state index in [1.165, 1.54) is 0 Å². The van der Waals surface area contributed by atoms with Crippen molar-refractivity contribution in [3.05, 3.63) is 71.9 Å². The van der Waals surface area contributed by atoms with Crippen LogP contribution in [0.5, 0.6) is 17.2 Å². The molecule has 3 aromatic rings. The molecule has 1 saturated carbocycles. The summed E-state index contributed by atoms with van der Waals surface area (Å²) in [6.45, 7) is 0.225. The highest BCUT2D eigenvalue weighted by molar-refractivity contribution is 5.94. The van der Waals surface area contributed by atoms with E-state index in [2.05, 4.69) is 4.98 Å². The molecule has 0 unspecified atom stereocenters. The molecule has 5 rings (SSSR count). The molecule has 1 N–H and O–H groups in total. The van der Waals surface area contributed by atoms with Crippen LogP contribution in [0.15, 0.2) is 60.7 Å². The zero-order chi connectivity index (χ0) is 19.1. The summed E-state index contributed by atoms with van der Waals surface area (Å²) in [7, 11) is 0. The summed E-state index contributed by atoms with van der Waals surface area (Å²) in [4.78, 5) is 17.8. The Morgan fingerprint density at radius 2 is 1.86 bits per heavy atom. The lowest BCUT2D eigenvalue weighted by Gasteiger charge is -2.15. The summed E-state index contributed by atoms with van der Waals surface area (Å²) in [6.07, 6.45) is 1.94. The van der Waals surface area contributed by atoms with Gasteiger partial charge in [0, 0.05) is 19.1 Å². The molecule has 28 heavy (non-hydrogen) atoms. The number of phenols is 1. The van der Waals surface area contributed by atoms with Crippen molar-refractivity contribution in [3.63, 3.8) is 0 Å². The molecular weight excluding hydrogens is 354 g/mol. The van der Waals surface area contributed by atoms with Gasteiger partial charge in [0.2, 0.25) is 6.79 Å². The van der Waals surface area contributed by atoms with Gasteiger partial charge in [0.05, 0.1) is 11.1 Å². The number of pyridine rings is 1. The Kier molecular flexibility index (Phi) is 3.83. The molecule has 1 aliphatic heterocycles. The van der Waals surface area contributed by atoms with Crippen molar-refractivity contribution in [2.24, 2.45) is 0 Å². The molecule has 142 valence electrons. The zero-order valence-electron chi connectivity index (χ0n) is 15.2. The van der Waals surface area contributed by atoms with Gasteiger partial charge in [-0.15, -0.1) is 0 Å². The number of ketones is 1. The van der Waals surface area contributed by atoms with Gasteiger partial charge in [0.1, 0.15) is 11.5 Å². The largest absolute Gasteiger partial charge is 0.507 e. The summed E-state index contributed by atoms with van der Waals surface area (Å²) >= 11 is 0. The van der Waals surface area contributed by atoms with Gasteiger partial charge < -0.3 is 14.6 Å². The van der Waals surface area contributed by atoms with E-state index < -0.39 is 5.41 Å². The molecule has 1 aromatic heterocycles. The molecular formula is C23H21NO4. The van der Waals surface area contributed by atoms with Gasteiger partial charge in [-0.3, -0.25) is 9.78 Å². The number of para-hydroxylation sites is 1. The smallest absolute Gasteiger partial charge is 0.231 e. The first kappa shape index (κ1) is 16.8. The number of hydrogen-bond donors (Lipinski definition) is 1. The van der Waals surface area contributed by atoms with Crippen LogP contribution < -0.4 is 9.47 Å². The molecule has 2 aromatic carbocycles. The Morgan fingerprint density at radius 3 is 2.68 bits per heavy atom. The molecule has 2 aliphatic rings. The normalized spacial score (nSPS) is 16.0. The fraction of sp³-hybridized carbons (Fsp3) is 0.217. The van der Waals surface area contributed by atoms with Gasteiger partial charge in [-0.1, -0.05) is 24.3 Å². The first-order valence-corrected chi connectivity index (χ1v) is 9.33. The summed E-state index contributed by atoms with van der Waals surface area (Å²) in [5, 5.41) is 10.1. The van der Waals surface area contributed by atoms with Gasteiger partial charge in [-0.25, -0.2) is 0 Å². The van der Waals surface area contributed by atoms with Crippen LogP contribution in [-0.4, -0.2) is 22.7 Å². The lowest BCUT2D eigenvalue weighted by Crippen LogP contribution is -2.23. The van der Waals surface area contributed by atoms with E-state index in [1.54, 1.807) is 12.1 Å². The van der Waals surface area contributed by atoms with Crippen LogP contribution in [0.3, 0.4) is 0 Å². The summed E-state index contributed by atoms with van der Waals surface area (Å²) in [5.74, 6) is 1.77. The maximum atomic E-state index is 13.2. The van der Waals surface area contributed by atoms with Crippen molar-refractivity contribution in [3.8, 4) is 28.5 Å². The number of aromatic nitrogens is 1. The highest BCUT2D eigenvalue weighted by Crippen LogP contribution is 2.51. The Hall–Kier alpha value is -3.34. The van der Waals surface area contributed by atoms with Crippen LogP contribution in [-0.2, 0) is 16.6 Å². The van der Waals surface area contributed by atoms with Gasteiger partial charge in [0.15, 0.2) is 11.5 Å². The number of rotatable bonds is 5. The highest BCUT2D eigenvalue weighted by atomic mass is 16.7. The molecule has 1 aliphatic carbocycles. The van der Waals surface area contributed by atoms with E-state index in [0.717, 1.165) is 24.2 Å². The lowest BCUT2D eigenvalue weighted by atomic mass is 9.88. The standard InChI is InChI=1S/C23H19NO4.H2/c25-19-7-2-1-5-17(19)18-6-3-4-16(24-18)13-22(26)23(10-11-23)15-8-9-20-21(12-15)28-14-27-20;/h1-9,12,25H,10-11,13-14H2;1H. The van der Waals surface area contributed by atoms with Gasteiger partial charge >= 0.3 is 0 Å². The van der Waals surface area contributed by atoms with Crippen LogP contribution in [0.25, 0.3) is 11.3 Å². The third-order valence-electron chi connectivity index (χ3n) is 5.54. The van der Waals surface area contributed by atoms with E-state index >= 15 is 0 Å². The average molecular weight is 375 g/mol. The van der Waals surface area contributed by atoms with Crippen LogP contribution >= 0.6 is 0 Å². The maximum absolute atomic E-state index is 13.2. The third kappa shape index (κ3) is 2.80. The first-order valence-electron chi connectivity index (χ1n) is 9.33. The molecule has 0 spiro atoms. The number of carbonyl (C=O) groups excluding carboxylic acids is 1. The Labute approximate surface area is 164 Å². The fourth-order valence-corrected chi connectivity index (χ4v) is 3.80. The predicted molar refractivity (Wildman–Crippen MR) is 106 cm³/mol. The number of fused-ring (bicyclic) bond motifs is 1. The van der Waals surface area contributed by atoms with E-state index in [1.807, 2.05) is 48.5 Å². The second-order valence-corrected chi connectivity index (χ2v) is 7.28. The number of ether oxygens (including phenoxy) is 2. The summed E-state index contributed by atoms with van der Waals surface area (Å²) in [5.41, 5.74) is 2.56. The Balaban J connectivity index is 0.00000205. The van der Waals surface area contributed by atoms with Crippen molar-refractivity contribution in [2.45, 2.75) is 24.7 Å². The molecule has 0 amide bonds. The molecule has 0 radical (unpaired) electrons. The van der Waals surface area contributed by atoms with Crippen molar-refractivity contribution in [1.82, 2.24) is 4.98 Å². The predicted octanol–water partition coefficient (Wildman–Crippen LogP) is 4.27. The van der Waals surface area contributed by atoms with Gasteiger partial charge in [-0.05, 0) is 54.8 Å². The molecule has 5 heteroatoms. The van der Waals surface area contributed by atoms with Crippen molar-refractivity contribution < 1.29 is 20.8 Å². The number of carbonyl (C=O) groups is 1. The van der Waals surface area contributed by atoms with Crippen LogP contribution in [0, 0.1) is 0 Å². The Morgan fingerprint density at radius 1 is 1.04 bits per heavy atom. The monoisotopic (exact) mass is 375 g/mol. The van der Waals surface area contributed by atoms with Crippen molar-refractivity contribution in [2.75, 3.05) is 6.79 Å². The van der Waals surface area contributed by atoms with Crippen molar-refractivity contribution >= 4 is 5.78 Å². The minimum Gasteiger partial charge on any atom is -0.507 e. The maximum Gasteiger partial charge on any atom is 0.231 e. The molecule has 5 nitrogen and oxygen atoms in total. The average Bonchev–Trinajstić information content (AvgIpc) is 3.40. The second-order valence-electron chi connectivity index (χ2n) is 7.28. The zero-order valence-corrected chi connectivity index (χ0v) is 15.2. The van der Waals surface area contributed by atoms with Crippen molar-refractivity contribution in [1.29, 1.82) is 0 Å². The lowest BCUT2D eigenvalue weighted by molar-refractivity contribution is -0.120. The van der Waals surface area contributed by atoms with Gasteiger partial charge in [-0.2, -0.15) is 0 Å². The molecule has 0 atom stereocenters. The van der Waals surface area contributed by atoms with Crippen LogP contribution in [0.1, 0.15) is 25.5 Å². The number of benzene rings is 2. The Bertz CT molecular complexity index is 1080. The highest BCUT2D eigenvalue weighted by Gasteiger charge is 2.50. The fourth-order valence-electron chi connectivity index (χ4n) is 3.80. The molecule has 1 fully saturated rings. The topological polar surface area (TPSA) is 68.7 Å². The second kappa shape index (κ2) is 6.37.